The standard InChI is InChI=1S/C63H116NO8P/c1-6-8-10-12-14-16-18-19-20-21-22-23-24-25-26-27-28-29-30-31-32-33-34-35-36-37-38-39-40-41-42-43-44-45-46-48-50-52-54-56-63(66)72-61(60-71-73(67,68)70-58-57-64(3,4)5)59-69-62(65)55-53-51-49-47-17-15-13-11-9-7-2/h8,10-11,13-14,16,19-20,22-23,61H,6-7,9,12,15,17-18,21,24-60H2,1-5H3/p+1/b10-8-,13-11-,16-14-,20-19-,23-22-. The highest BCUT2D eigenvalue weighted by molar-refractivity contribution is 7.47. The Bertz CT molecular complexity index is 1420. The van der Waals surface area contributed by atoms with Gasteiger partial charge in [-0.2, -0.15) is 0 Å². The number of nitrogens with zero attached hydrogens (tertiary/aromatic N) is 1. The number of unbranched alkanes of at least 4 members (excludes halogenated alkanes) is 32. The van der Waals surface area contributed by atoms with Gasteiger partial charge in [-0.05, 0) is 70.6 Å². The Morgan fingerprint density at radius 2 is 0.781 bits per heavy atom. The van der Waals surface area contributed by atoms with Crippen molar-refractivity contribution in [1.82, 2.24) is 0 Å². The Morgan fingerprint density at radius 3 is 1.18 bits per heavy atom. The number of allylic oxidation sites excluding steroid dienone is 10. The number of rotatable bonds is 56. The van der Waals surface area contributed by atoms with Gasteiger partial charge in [-0.25, -0.2) is 4.57 Å². The van der Waals surface area contributed by atoms with Crippen molar-refractivity contribution >= 4 is 19.8 Å². The van der Waals surface area contributed by atoms with E-state index in [9.17, 15) is 19.0 Å². The predicted molar refractivity (Wildman–Crippen MR) is 312 cm³/mol. The van der Waals surface area contributed by atoms with Gasteiger partial charge in [0.2, 0.25) is 0 Å². The summed E-state index contributed by atoms with van der Waals surface area (Å²) in [4.78, 5) is 35.5. The molecule has 0 rings (SSSR count). The molecule has 0 amide bonds. The van der Waals surface area contributed by atoms with Crippen molar-refractivity contribution < 1.29 is 42.1 Å². The summed E-state index contributed by atoms with van der Waals surface area (Å²) in [5, 5.41) is 0. The van der Waals surface area contributed by atoms with Crippen LogP contribution in [0.1, 0.15) is 277 Å². The number of carbonyl (C=O) groups excluding carboxylic acids is 2. The van der Waals surface area contributed by atoms with E-state index in [1.54, 1.807) is 0 Å². The van der Waals surface area contributed by atoms with Crippen LogP contribution in [0.4, 0.5) is 0 Å². The summed E-state index contributed by atoms with van der Waals surface area (Å²) >= 11 is 0. The third kappa shape index (κ3) is 58.8. The number of hydrogen-bond acceptors (Lipinski definition) is 7. The highest BCUT2D eigenvalue weighted by Crippen LogP contribution is 2.43. The molecule has 0 aromatic heterocycles. The monoisotopic (exact) mass is 1050 g/mol. The van der Waals surface area contributed by atoms with Crippen LogP contribution < -0.4 is 0 Å². The van der Waals surface area contributed by atoms with E-state index in [0.29, 0.717) is 17.4 Å². The highest BCUT2D eigenvalue weighted by atomic mass is 31.2. The maximum atomic E-state index is 12.8. The number of phosphoric ester groups is 1. The molecule has 73 heavy (non-hydrogen) atoms. The van der Waals surface area contributed by atoms with Crippen molar-refractivity contribution in [3.8, 4) is 0 Å². The number of ether oxygens (including phenoxy) is 2. The van der Waals surface area contributed by atoms with E-state index in [1.807, 2.05) is 21.1 Å². The first-order valence-corrected chi connectivity index (χ1v) is 32.0. The number of carbonyl (C=O) groups is 2. The van der Waals surface area contributed by atoms with E-state index in [-0.39, 0.29) is 32.0 Å². The van der Waals surface area contributed by atoms with Crippen LogP contribution in [0, 0.1) is 0 Å². The second-order valence-electron chi connectivity index (χ2n) is 21.7. The summed E-state index contributed by atoms with van der Waals surface area (Å²) in [7, 11) is 1.48. The van der Waals surface area contributed by atoms with Gasteiger partial charge in [-0.1, -0.05) is 254 Å². The number of likely N-dealkylation sites (N-methyl/N-ethyl adjacent to an activating group) is 1. The first kappa shape index (κ1) is 70.7. The summed E-state index contributed by atoms with van der Waals surface area (Å²) in [6.07, 6.45) is 70.6. The number of quaternary nitrogens is 1. The molecule has 9 nitrogen and oxygen atoms in total. The van der Waals surface area contributed by atoms with Crippen molar-refractivity contribution in [2.45, 2.75) is 283 Å². The fourth-order valence-electron chi connectivity index (χ4n) is 8.60. The lowest BCUT2D eigenvalue weighted by atomic mass is 10.0. The van der Waals surface area contributed by atoms with E-state index in [0.717, 1.165) is 83.5 Å². The van der Waals surface area contributed by atoms with Crippen LogP contribution in [0.2, 0.25) is 0 Å². The molecule has 0 aromatic carbocycles. The minimum absolute atomic E-state index is 0.0315. The van der Waals surface area contributed by atoms with Gasteiger partial charge in [0.15, 0.2) is 6.10 Å². The number of phosphoric acid groups is 1. The van der Waals surface area contributed by atoms with Gasteiger partial charge >= 0.3 is 19.8 Å². The van der Waals surface area contributed by atoms with Crippen LogP contribution in [-0.4, -0.2) is 74.9 Å². The highest BCUT2D eigenvalue weighted by Gasteiger charge is 2.27. The molecule has 0 aliphatic rings. The Kier molecular flexibility index (Phi) is 52.8. The lowest BCUT2D eigenvalue weighted by molar-refractivity contribution is -0.870. The molecule has 0 saturated heterocycles. The molecule has 0 spiro atoms. The fourth-order valence-corrected chi connectivity index (χ4v) is 9.34. The number of hydrogen-bond donors (Lipinski definition) is 1. The summed E-state index contributed by atoms with van der Waals surface area (Å²) < 4.78 is 34.4. The Labute approximate surface area is 451 Å². The SMILES string of the molecule is CC/C=C\C/C=C\C/C=C\C/C=C\CCCCCCCCCCCCCCCCCCCCCCCCCCCCC(=O)OC(COC(=O)CCCCCCC/C=C\CCC)COP(=O)(O)OCC[N+](C)(C)C. The zero-order chi connectivity index (χ0) is 53.5. The number of esters is 2. The van der Waals surface area contributed by atoms with Crippen molar-refractivity contribution in [2.75, 3.05) is 47.5 Å². The van der Waals surface area contributed by atoms with E-state index >= 15 is 0 Å². The molecular weight excluding hydrogens is 930 g/mol. The predicted octanol–water partition coefficient (Wildman–Crippen LogP) is 19.1. The maximum Gasteiger partial charge on any atom is 0.472 e. The first-order chi connectivity index (χ1) is 35.5. The molecule has 0 bridgehead atoms. The molecule has 2 atom stereocenters. The van der Waals surface area contributed by atoms with E-state index in [2.05, 4.69) is 74.6 Å². The van der Waals surface area contributed by atoms with Gasteiger partial charge in [0.05, 0.1) is 27.7 Å². The Hall–Kier alpha value is -2.29. The average molecular weight is 1050 g/mol. The molecule has 0 heterocycles. The molecule has 0 radical (unpaired) electrons. The van der Waals surface area contributed by atoms with Gasteiger partial charge < -0.3 is 18.9 Å². The van der Waals surface area contributed by atoms with Crippen molar-refractivity contribution in [2.24, 2.45) is 0 Å². The van der Waals surface area contributed by atoms with Gasteiger partial charge in [0.1, 0.15) is 19.8 Å². The summed E-state index contributed by atoms with van der Waals surface area (Å²) in [5.74, 6) is -0.801. The van der Waals surface area contributed by atoms with E-state index in [1.165, 1.54) is 161 Å². The average Bonchev–Trinajstić information content (AvgIpc) is 3.35. The third-order valence-electron chi connectivity index (χ3n) is 13.3. The van der Waals surface area contributed by atoms with E-state index in [4.69, 9.17) is 18.5 Å². The lowest BCUT2D eigenvalue weighted by Gasteiger charge is -2.24. The summed E-state index contributed by atoms with van der Waals surface area (Å²) in [6, 6.07) is 0. The summed E-state index contributed by atoms with van der Waals surface area (Å²) in [6.45, 7) is 4.26. The van der Waals surface area contributed by atoms with Gasteiger partial charge in [-0.3, -0.25) is 18.6 Å². The van der Waals surface area contributed by atoms with Gasteiger partial charge in [-0.15, -0.1) is 0 Å². The molecule has 10 heteroatoms. The van der Waals surface area contributed by atoms with Crippen LogP contribution in [0.25, 0.3) is 0 Å². The molecule has 0 aromatic rings. The quantitative estimate of drug-likeness (QED) is 0.0211. The van der Waals surface area contributed by atoms with Crippen LogP contribution in [0.5, 0.6) is 0 Å². The minimum atomic E-state index is -4.38. The first-order valence-electron chi connectivity index (χ1n) is 30.5. The van der Waals surface area contributed by atoms with Gasteiger partial charge in [0.25, 0.3) is 0 Å². The topological polar surface area (TPSA) is 108 Å². The normalized spacial score (nSPS) is 13.7. The zero-order valence-electron chi connectivity index (χ0n) is 48.4. The lowest BCUT2D eigenvalue weighted by Crippen LogP contribution is -2.37. The van der Waals surface area contributed by atoms with Crippen molar-refractivity contribution in [1.29, 1.82) is 0 Å². The second-order valence-corrected chi connectivity index (χ2v) is 23.2. The van der Waals surface area contributed by atoms with Gasteiger partial charge in [0, 0.05) is 12.8 Å². The van der Waals surface area contributed by atoms with Crippen molar-refractivity contribution in [3.63, 3.8) is 0 Å². The van der Waals surface area contributed by atoms with Crippen LogP contribution >= 0.6 is 7.82 Å². The molecule has 0 aliphatic heterocycles. The molecular formula is C63H117NO8P+. The van der Waals surface area contributed by atoms with Crippen molar-refractivity contribution in [3.05, 3.63) is 60.8 Å². The molecule has 426 valence electrons. The molecule has 1 N–H and O–H groups in total. The van der Waals surface area contributed by atoms with Crippen LogP contribution in [0.15, 0.2) is 60.8 Å². The molecule has 2 unspecified atom stereocenters. The Balaban J connectivity index is 3.83. The largest absolute Gasteiger partial charge is 0.472 e. The molecule has 0 fully saturated rings. The molecule has 0 aliphatic carbocycles. The van der Waals surface area contributed by atoms with E-state index < -0.39 is 26.5 Å². The van der Waals surface area contributed by atoms with Crippen LogP contribution in [0.3, 0.4) is 0 Å². The molecule has 0 saturated carbocycles. The second kappa shape index (κ2) is 54.5. The minimum Gasteiger partial charge on any atom is -0.462 e. The smallest absolute Gasteiger partial charge is 0.462 e. The third-order valence-corrected chi connectivity index (χ3v) is 14.2. The zero-order valence-corrected chi connectivity index (χ0v) is 49.3. The maximum absolute atomic E-state index is 12.8. The Morgan fingerprint density at radius 1 is 0.438 bits per heavy atom. The summed E-state index contributed by atoms with van der Waals surface area (Å²) in [5.41, 5.74) is 0. The fraction of sp³-hybridized carbons (Fsp3) is 0.810. The van der Waals surface area contributed by atoms with Crippen LogP contribution in [-0.2, 0) is 32.7 Å².